The van der Waals surface area contributed by atoms with Crippen LogP contribution in [0.5, 0.6) is 0 Å². The summed E-state index contributed by atoms with van der Waals surface area (Å²) in [6.07, 6.45) is 4.38. The van der Waals surface area contributed by atoms with Crippen LogP contribution in [0.1, 0.15) is 11.1 Å². The van der Waals surface area contributed by atoms with Crippen molar-refractivity contribution in [2.45, 2.75) is 0 Å². The Morgan fingerprint density at radius 1 is 0.333 bits per heavy atom. The van der Waals surface area contributed by atoms with E-state index in [0.29, 0.717) is 0 Å². The molecule has 0 heterocycles. The molecule has 0 bridgehead atoms. The minimum Gasteiger partial charge on any atom is -0.310 e. The fraction of sp³-hybridized carbons (Fsp3) is 0. The number of hydrogen-bond donors (Lipinski definition) is 0. The monoisotopic (exact) mass is 499 g/mol. The molecule has 0 saturated carbocycles. The van der Waals surface area contributed by atoms with Gasteiger partial charge in [-0.25, -0.2) is 0 Å². The smallest absolute Gasteiger partial charge is 0.0533 e. The summed E-state index contributed by atoms with van der Waals surface area (Å²) in [6.45, 7) is 0. The summed E-state index contributed by atoms with van der Waals surface area (Å²) >= 11 is 0. The van der Waals surface area contributed by atoms with Crippen LogP contribution in [0.3, 0.4) is 0 Å². The Kier molecular flexibility index (Phi) is 7.14. The second-order valence-electron chi connectivity index (χ2n) is 9.46. The summed E-state index contributed by atoms with van der Waals surface area (Å²) in [5.74, 6) is 0. The Bertz CT molecular complexity index is 1570. The molecule has 0 saturated heterocycles. The van der Waals surface area contributed by atoms with Crippen LogP contribution < -0.4 is 4.90 Å². The van der Waals surface area contributed by atoms with Gasteiger partial charge >= 0.3 is 0 Å². The minimum atomic E-state index is 1.11. The molecule has 186 valence electrons. The van der Waals surface area contributed by atoms with Crippen molar-refractivity contribution in [2.24, 2.45) is 0 Å². The van der Waals surface area contributed by atoms with Gasteiger partial charge in [0.15, 0.2) is 0 Å². The largest absolute Gasteiger partial charge is 0.310 e. The summed E-state index contributed by atoms with van der Waals surface area (Å²) in [5.41, 5.74) is 10.5. The third kappa shape index (κ3) is 5.58. The maximum atomic E-state index is 2.34. The molecule has 6 aromatic rings. The lowest BCUT2D eigenvalue weighted by Gasteiger charge is -2.27. The Morgan fingerprint density at radius 3 is 1.26 bits per heavy atom. The van der Waals surface area contributed by atoms with E-state index in [2.05, 4.69) is 175 Å². The molecule has 0 amide bonds. The summed E-state index contributed by atoms with van der Waals surface area (Å²) in [7, 11) is 0. The van der Waals surface area contributed by atoms with E-state index in [-0.39, 0.29) is 0 Å². The SMILES string of the molecule is C(=Cc1ccccc1N(c1ccc(-c2ccccc2)cc1)c1ccc(-c2ccccc2)cc1)c1ccccc1. The van der Waals surface area contributed by atoms with E-state index < -0.39 is 0 Å². The summed E-state index contributed by atoms with van der Waals surface area (Å²) in [4.78, 5) is 2.34. The lowest BCUT2D eigenvalue weighted by atomic mass is 10.0. The van der Waals surface area contributed by atoms with E-state index in [9.17, 15) is 0 Å². The molecule has 0 unspecified atom stereocenters. The third-order valence-electron chi connectivity index (χ3n) is 6.90. The van der Waals surface area contributed by atoms with Crippen molar-refractivity contribution in [1.82, 2.24) is 0 Å². The Balaban J connectivity index is 1.43. The first-order valence-electron chi connectivity index (χ1n) is 13.3. The molecular formula is C38H29N. The van der Waals surface area contributed by atoms with Crippen LogP contribution in [0, 0.1) is 0 Å². The van der Waals surface area contributed by atoms with Crippen molar-refractivity contribution in [3.63, 3.8) is 0 Å². The zero-order chi connectivity index (χ0) is 26.3. The molecule has 0 aliphatic rings. The number of hydrogen-bond acceptors (Lipinski definition) is 1. The highest BCUT2D eigenvalue weighted by Gasteiger charge is 2.15. The number of benzene rings is 6. The molecule has 0 aromatic heterocycles. The Labute approximate surface area is 231 Å². The summed E-state index contributed by atoms with van der Waals surface area (Å²) in [6, 6.07) is 57.7. The molecule has 0 N–H and O–H groups in total. The van der Waals surface area contributed by atoms with Gasteiger partial charge in [-0.15, -0.1) is 0 Å². The highest BCUT2D eigenvalue weighted by molar-refractivity contribution is 5.86. The van der Waals surface area contributed by atoms with Crippen molar-refractivity contribution in [1.29, 1.82) is 0 Å². The molecular weight excluding hydrogens is 470 g/mol. The highest BCUT2D eigenvalue weighted by atomic mass is 15.1. The van der Waals surface area contributed by atoms with Gasteiger partial charge < -0.3 is 4.90 Å². The van der Waals surface area contributed by atoms with Crippen LogP contribution in [0.25, 0.3) is 34.4 Å². The molecule has 0 spiro atoms. The molecule has 6 rings (SSSR count). The maximum absolute atomic E-state index is 2.34. The topological polar surface area (TPSA) is 3.24 Å². The van der Waals surface area contributed by atoms with E-state index in [0.717, 1.165) is 22.6 Å². The number of para-hydroxylation sites is 1. The van der Waals surface area contributed by atoms with E-state index in [1.165, 1.54) is 27.8 Å². The summed E-state index contributed by atoms with van der Waals surface area (Å²) in [5, 5.41) is 0. The van der Waals surface area contributed by atoms with Crippen LogP contribution in [0.2, 0.25) is 0 Å². The van der Waals surface area contributed by atoms with Gasteiger partial charge in [0, 0.05) is 11.4 Å². The van der Waals surface area contributed by atoms with E-state index in [1.54, 1.807) is 0 Å². The Morgan fingerprint density at radius 2 is 0.744 bits per heavy atom. The van der Waals surface area contributed by atoms with Gasteiger partial charge in [-0.1, -0.05) is 146 Å². The van der Waals surface area contributed by atoms with Gasteiger partial charge in [-0.2, -0.15) is 0 Å². The van der Waals surface area contributed by atoms with Gasteiger partial charge in [-0.3, -0.25) is 0 Å². The first-order valence-corrected chi connectivity index (χ1v) is 13.3. The second-order valence-corrected chi connectivity index (χ2v) is 9.46. The molecule has 39 heavy (non-hydrogen) atoms. The zero-order valence-corrected chi connectivity index (χ0v) is 21.7. The van der Waals surface area contributed by atoms with Gasteiger partial charge in [0.1, 0.15) is 0 Å². The first kappa shape index (κ1) is 24.2. The zero-order valence-electron chi connectivity index (χ0n) is 21.7. The maximum Gasteiger partial charge on any atom is 0.0533 e. The van der Waals surface area contributed by atoms with Crippen LogP contribution in [-0.4, -0.2) is 0 Å². The van der Waals surface area contributed by atoms with Gasteiger partial charge in [0.2, 0.25) is 0 Å². The normalized spacial score (nSPS) is 11.0. The van der Waals surface area contributed by atoms with Gasteiger partial charge in [-0.05, 0) is 63.7 Å². The van der Waals surface area contributed by atoms with Crippen molar-refractivity contribution < 1.29 is 0 Å². The lowest BCUT2D eigenvalue weighted by molar-refractivity contribution is 1.28. The number of anilines is 3. The molecule has 6 aromatic carbocycles. The molecule has 1 heteroatoms. The van der Waals surface area contributed by atoms with Crippen LogP contribution in [0.15, 0.2) is 164 Å². The fourth-order valence-electron chi connectivity index (χ4n) is 4.88. The molecule has 1 nitrogen and oxygen atoms in total. The Hall–Kier alpha value is -5.14. The predicted octanol–water partition coefficient (Wildman–Crippen LogP) is 10.7. The predicted molar refractivity (Wildman–Crippen MR) is 167 cm³/mol. The lowest BCUT2D eigenvalue weighted by Crippen LogP contribution is -2.11. The van der Waals surface area contributed by atoms with Crippen LogP contribution >= 0.6 is 0 Å². The van der Waals surface area contributed by atoms with Crippen molar-refractivity contribution >= 4 is 29.2 Å². The van der Waals surface area contributed by atoms with Crippen molar-refractivity contribution in [2.75, 3.05) is 4.90 Å². The van der Waals surface area contributed by atoms with Crippen molar-refractivity contribution in [3.8, 4) is 22.3 Å². The molecule has 0 radical (unpaired) electrons. The molecule has 0 atom stereocenters. The molecule has 0 fully saturated rings. The highest BCUT2D eigenvalue weighted by Crippen LogP contribution is 2.39. The van der Waals surface area contributed by atoms with E-state index in [1.807, 2.05) is 6.07 Å². The fourth-order valence-corrected chi connectivity index (χ4v) is 4.88. The van der Waals surface area contributed by atoms with Gasteiger partial charge in [0.25, 0.3) is 0 Å². The standard InChI is InChI=1S/C38H29N/c1-4-12-30(13-5-1)20-21-35-18-10-11-19-38(35)39(36-26-22-33(23-27-36)31-14-6-2-7-15-31)37-28-24-34(25-29-37)32-16-8-3-9-17-32/h1-29H. The second kappa shape index (κ2) is 11.5. The first-order chi connectivity index (χ1) is 19.3. The minimum absolute atomic E-state index is 1.11. The van der Waals surface area contributed by atoms with Crippen LogP contribution in [0.4, 0.5) is 17.1 Å². The number of rotatable bonds is 7. The summed E-state index contributed by atoms with van der Waals surface area (Å²) < 4.78 is 0. The molecule has 0 aliphatic carbocycles. The van der Waals surface area contributed by atoms with Crippen LogP contribution in [-0.2, 0) is 0 Å². The van der Waals surface area contributed by atoms with E-state index >= 15 is 0 Å². The number of nitrogens with zero attached hydrogens (tertiary/aromatic N) is 1. The average Bonchev–Trinajstić information content (AvgIpc) is 3.03. The van der Waals surface area contributed by atoms with Crippen molar-refractivity contribution in [3.05, 3.63) is 175 Å². The average molecular weight is 500 g/mol. The van der Waals surface area contributed by atoms with Gasteiger partial charge in [0.05, 0.1) is 5.69 Å². The quantitative estimate of drug-likeness (QED) is 0.197. The molecule has 0 aliphatic heterocycles. The third-order valence-corrected chi connectivity index (χ3v) is 6.90. The van der Waals surface area contributed by atoms with E-state index in [4.69, 9.17) is 0 Å².